The third kappa shape index (κ3) is 4.16. The second kappa shape index (κ2) is 7.05. The molecule has 2 heterocycles. The average molecular weight is 299 g/mol. The molecule has 0 radical (unpaired) electrons. The van der Waals surface area contributed by atoms with Gasteiger partial charge in [0.2, 0.25) is 5.91 Å². The molecule has 0 spiro atoms. The van der Waals surface area contributed by atoms with Crippen molar-refractivity contribution in [3.63, 3.8) is 0 Å². The molecular weight excluding hydrogens is 270 g/mol. The second-order valence-corrected chi connectivity index (χ2v) is 6.69. The van der Waals surface area contributed by atoms with Gasteiger partial charge in [0.25, 0.3) is 0 Å². The molecule has 1 amide bonds. The SMILES string of the molecule is CO[C@H]1C[C@@H](C(=O)NCCN2CCOCC2(C)C)N(C)C1. The number of nitrogens with zero attached hydrogens (tertiary/aromatic N) is 2. The lowest BCUT2D eigenvalue weighted by Gasteiger charge is -2.42. The van der Waals surface area contributed by atoms with E-state index in [1.165, 1.54) is 0 Å². The van der Waals surface area contributed by atoms with Crippen molar-refractivity contribution in [2.75, 3.05) is 53.6 Å². The number of rotatable bonds is 5. The minimum atomic E-state index is -0.0624. The summed E-state index contributed by atoms with van der Waals surface area (Å²) in [6.45, 7) is 9.20. The largest absolute Gasteiger partial charge is 0.380 e. The van der Waals surface area contributed by atoms with Crippen LogP contribution >= 0.6 is 0 Å². The fourth-order valence-electron chi connectivity index (χ4n) is 3.17. The van der Waals surface area contributed by atoms with E-state index in [9.17, 15) is 4.79 Å². The summed E-state index contributed by atoms with van der Waals surface area (Å²) in [5, 5.41) is 3.07. The molecule has 1 N–H and O–H groups in total. The summed E-state index contributed by atoms with van der Waals surface area (Å²) in [6, 6.07) is -0.0624. The van der Waals surface area contributed by atoms with Gasteiger partial charge in [0.1, 0.15) is 0 Å². The smallest absolute Gasteiger partial charge is 0.237 e. The van der Waals surface area contributed by atoms with E-state index in [2.05, 4.69) is 29.0 Å². The molecule has 2 aliphatic rings. The van der Waals surface area contributed by atoms with Crippen LogP contribution in [0.5, 0.6) is 0 Å². The Morgan fingerprint density at radius 1 is 1.48 bits per heavy atom. The summed E-state index contributed by atoms with van der Waals surface area (Å²) >= 11 is 0. The summed E-state index contributed by atoms with van der Waals surface area (Å²) in [7, 11) is 3.69. The van der Waals surface area contributed by atoms with E-state index in [1.54, 1.807) is 7.11 Å². The summed E-state index contributed by atoms with van der Waals surface area (Å²) in [5.74, 6) is 0.114. The van der Waals surface area contributed by atoms with Crippen LogP contribution in [0.3, 0.4) is 0 Å². The topological polar surface area (TPSA) is 54.0 Å². The number of carbonyl (C=O) groups excluding carboxylic acids is 1. The molecule has 2 saturated heterocycles. The molecule has 0 unspecified atom stereocenters. The van der Waals surface area contributed by atoms with Crippen molar-refractivity contribution < 1.29 is 14.3 Å². The summed E-state index contributed by atoms with van der Waals surface area (Å²) in [4.78, 5) is 16.7. The molecule has 2 aliphatic heterocycles. The Morgan fingerprint density at radius 3 is 2.86 bits per heavy atom. The molecular formula is C15H29N3O3. The number of hydrogen-bond acceptors (Lipinski definition) is 5. The van der Waals surface area contributed by atoms with Crippen LogP contribution in [0.15, 0.2) is 0 Å². The van der Waals surface area contributed by atoms with Crippen LogP contribution < -0.4 is 5.32 Å². The van der Waals surface area contributed by atoms with Gasteiger partial charge >= 0.3 is 0 Å². The number of likely N-dealkylation sites (tertiary alicyclic amines) is 1. The van der Waals surface area contributed by atoms with Crippen LogP contribution in [0.1, 0.15) is 20.3 Å². The third-order valence-corrected chi connectivity index (χ3v) is 4.64. The van der Waals surface area contributed by atoms with Gasteiger partial charge in [0.05, 0.1) is 25.4 Å². The fourth-order valence-corrected chi connectivity index (χ4v) is 3.17. The molecule has 0 bridgehead atoms. The normalized spacial score (nSPS) is 30.5. The minimum absolute atomic E-state index is 0.0499. The van der Waals surface area contributed by atoms with Crippen LogP contribution in [-0.2, 0) is 14.3 Å². The lowest BCUT2D eigenvalue weighted by atomic mass is 10.0. The number of hydrogen-bond donors (Lipinski definition) is 1. The standard InChI is InChI=1S/C15H29N3O3/c1-15(2)11-21-8-7-18(15)6-5-16-14(19)13-9-12(20-4)10-17(13)3/h12-13H,5-11H2,1-4H3,(H,16,19)/t12-,13-/m0/s1. The molecule has 0 aromatic carbocycles. The molecule has 122 valence electrons. The number of morpholine rings is 1. The third-order valence-electron chi connectivity index (χ3n) is 4.64. The Balaban J connectivity index is 1.74. The molecule has 2 atom stereocenters. The van der Waals surface area contributed by atoms with Crippen LogP contribution in [-0.4, -0.2) is 86.9 Å². The van der Waals surface area contributed by atoms with Gasteiger partial charge in [-0.25, -0.2) is 0 Å². The van der Waals surface area contributed by atoms with Crippen LogP contribution in [0, 0.1) is 0 Å². The molecule has 6 heteroatoms. The van der Waals surface area contributed by atoms with Crippen molar-refractivity contribution in [2.24, 2.45) is 0 Å². The van der Waals surface area contributed by atoms with Crippen molar-refractivity contribution in [1.29, 1.82) is 0 Å². The quantitative estimate of drug-likeness (QED) is 0.770. The highest BCUT2D eigenvalue weighted by Gasteiger charge is 2.35. The molecule has 6 nitrogen and oxygen atoms in total. The van der Waals surface area contributed by atoms with Crippen LogP contribution in [0.25, 0.3) is 0 Å². The highest BCUT2D eigenvalue weighted by molar-refractivity contribution is 5.82. The molecule has 21 heavy (non-hydrogen) atoms. The monoisotopic (exact) mass is 299 g/mol. The van der Waals surface area contributed by atoms with Crippen molar-refractivity contribution in [2.45, 2.75) is 38.0 Å². The number of ether oxygens (including phenoxy) is 2. The molecule has 0 aliphatic carbocycles. The Kier molecular flexibility index (Phi) is 5.60. The predicted octanol–water partition coefficient (Wildman–Crippen LogP) is -0.0675. The first-order chi connectivity index (χ1) is 9.94. The highest BCUT2D eigenvalue weighted by Crippen LogP contribution is 2.19. The Hall–Kier alpha value is -0.690. The Morgan fingerprint density at radius 2 is 2.24 bits per heavy atom. The lowest BCUT2D eigenvalue weighted by Crippen LogP contribution is -2.55. The zero-order chi connectivity index (χ0) is 15.5. The number of nitrogens with one attached hydrogen (secondary N) is 1. The maximum Gasteiger partial charge on any atom is 0.237 e. The first kappa shape index (κ1) is 16.7. The molecule has 2 rings (SSSR count). The maximum atomic E-state index is 12.3. The van der Waals surface area contributed by atoms with Crippen molar-refractivity contribution in [3.8, 4) is 0 Å². The van der Waals surface area contributed by atoms with Gasteiger partial charge in [-0.05, 0) is 27.3 Å². The number of likely N-dealkylation sites (N-methyl/N-ethyl adjacent to an activating group) is 1. The van der Waals surface area contributed by atoms with Crippen molar-refractivity contribution in [1.82, 2.24) is 15.1 Å². The summed E-state index contributed by atoms with van der Waals surface area (Å²) in [6.07, 6.45) is 0.950. The fraction of sp³-hybridized carbons (Fsp3) is 0.933. The highest BCUT2D eigenvalue weighted by atomic mass is 16.5. The first-order valence-corrected chi connectivity index (χ1v) is 7.77. The zero-order valence-electron chi connectivity index (χ0n) is 13.7. The maximum absolute atomic E-state index is 12.3. The van der Waals surface area contributed by atoms with E-state index in [0.717, 1.165) is 39.3 Å². The van der Waals surface area contributed by atoms with E-state index < -0.39 is 0 Å². The lowest BCUT2D eigenvalue weighted by molar-refractivity contribution is -0.125. The predicted molar refractivity (Wildman–Crippen MR) is 81.3 cm³/mol. The van der Waals surface area contributed by atoms with Crippen LogP contribution in [0.2, 0.25) is 0 Å². The van der Waals surface area contributed by atoms with Gasteiger partial charge in [0.15, 0.2) is 0 Å². The van der Waals surface area contributed by atoms with Crippen LogP contribution in [0.4, 0.5) is 0 Å². The molecule has 0 aromatic rings. The molecule has 0 aromatic heterocycles. The number of amides is 1. The van der Waals surface area contributed by atoms with Gasteiger partial charge in [0, 0.05) is 38.8 Å². The Labute approximate surface area is 127 Å². The average Bonchev–Trinajstić information content (AvgIpc) is 2.81. The summed E-state index contributed by atoms with van der Waals surface area (Å²) < 4.78 is 10.9. The number of methoxy groups -OCH3 is 1. The molecule has 2 fully saturated rings. The first-order valence-electron chi connectivity index (χ1n) is 7.77. The van der Waals surface area contributed by atoms with Crippen molar-refractivity contribution >= 4 is 5.91 Å². The zero-order valence-corrected chi connectivity index (χ0v) is 13.7. The van der Waals surface area contributed by atoms with Gasteiger partial charge in [-0.2, -0.15) is 0 Å². The van der Waals surface area contributed by atoms with E-state index >= 15 is 0 Å². The van der Waals surface area contributed by atoms with Gasteiger partial charge < -0.3 is 14.8 Å². The molecule has 0 saturated carbocycles. The second-order valence-electron chi connectivity index (χ2n) is 6.69. The Bertz CT molecular complexity index is 362. The number of carbonyl (C=O) groups is 1. The van der Waals surface area contributed by atoms with Gasteiger partial charge in [-0.3, -0.25) is 14.6 Å². The van der Waals surface area contributed by atoms with Gasteiger partial charge in [-0.15, -0.1) is 0 Å². The van der Waals surface area contributed by atoms with E-state index in [-0.39, 0.29) is 23.6 Å². The van der Waals surface area contributed by atoms with E-state index in [0.29, 0.717) is 6.54 Å². The minimum Gasteiger partial charge on any atom is -0.380 e. The van der Waals surface area contributed by atoms with Gasteiger partial charge in [-0.1, -0.05) is 0 Å². The van der Waals surface area contributed by atoms with E-state index in [1.807, 2.05) is 7.05 Å². The van der Waals surface area contributed by atoms with Crippen molar-refractivity contribution in [3.05, 3.63) is 0 Å². The van der Waals surface area contributed by atoms with E-state index in [4.69, 9.17) is 9.47 Å². The summed E-state index contributed by atoms with van der Waals surface area (Å²) in [5.41, 5.74) is 0.0499.